The van der Waals surface area contributed by atoms with Gasteiger partial charge in [0.15, 0.2) is 6.61 Å². The van der Waals surface area contributed by atoms with Gasteiger partial charge in [0.05, 0.1) is 17.8 Å². The van der Waals surface area contributed by atoms with Crippen LogP contribution in [0.1, 0.15) is 24.2 Å². The molecule has 1 saturated heterocycles. The molecule has 7 heteroatoms. The number of carbonyl (C=O) groups excluding carboxylic acids is 2. The van der Waals surface area contributed by atoms with E-state index < -0.39 is 17.3 Å². The van der Waals surface area contributed by atoms with Gasteiger partial charge >= 0.3 is 0 Å². The number of rotatable bonds is 4. The molecule has 120 valence electrons. The van der Waals surface area contributed by atoms with Crippen molar-refractivity contribution in [3.8, 4) is 5.75 Å². The van der Waals surface area contributed by atoms with Crippen molar-refractivity contribution in [2.24, 2.45) is 5.73 Å². The third-order valence-corrected chi connectivity index (χ3v) is 3.34. The van der Waals surface area contributed by atoms with Crippen LogP contribution in [0.2, 0.25) is 0 Å². The molecule has 0 saturated carbocycles. The number of ether oxygens (including phenoxy) is 2. The Balaban J connectivity index is 2.01. The first kappa shape index (κ1) is 16.2. The molecule has 1 heterocycles. The average molecular weight is 310 g/mol. The van der Waals surface area contributed by atoms with Gasteiger partial charge in [0.1, 0.15) is 11.6 Å². The highest BCUT2D eigenvalue weighted by atomic mass is 19.1. The largest absolute Gasteiger partial charge is 0.483 e. The van der Waals surface area contributed by atoms with E-state index in [0.29, 0.717) is 19.7 Å². The second kappa shape index (κ2) is 6.31. The molecule has 2 rings (SSSR count). The maximum Gasteiger partial charge on any atom is 0.260 e. The molecule has 0 aromatic heterocycles. The van der Waals surface area contributed by atoms with Gasteiger partial charge in [-0.25, -0.2) is 4.39 Å². The Bertz CT molecular complexity index is 589. The molecule has 2 amide bonds. The van der Waals surface area contributed by atoms with Crippen molar-refractivity contribution in [3.05, 3.63) is 29.6 Å². The molecular weight excluding hydrogens is 291 g/mol. The number of hydrogen-bond donors (Lipinski definition) is 1. The number of halogens is 1. The predicted octanol–water partition coefficient (Wildman–Crippen LogP) is 0.941. The first-order valence-electron chi connectivity index (χ1n) is 6.92. The Labute approximate surface area is 128 Å². The Morgan fingerprint density at radius 2 is 2.18 bits per heavy atom. The summed E-state index contributed by atoms with van der Waals surface area (Å²) in [4.78, 5) is 25.1. The number of benzene rings is 1. The summed E-state index contributed by atoms with van der Waals surface area (Å²) in [5.41, 5.74) is 4.68. The lowest BCUT2D eigenvalue weighted by Crippen LogP contribution is -2.51. The topological polar surface area (TPSA) is 81.9 Å². The molecule has 1 aromatic carbocycles. The quantitative estimate of drug-likeness (QED) is 0.897. The summed E-state index contributed by atoms with van der Waals surface area (Å²) in [7, 11) is 0. The van der Waals surface area contributed by atoms with E-state index in [9.17, 15) is 14.0 Å². The third-order valence-electron chi connectivity index (χ3n) is 3.34. The van der Waals surface area contributed by atoms with Gasteiger partial charge in [-0.05, 0) is 32.0 Å². The number of carbonyl (C=O) groups is 2. The van der Waals surface area contributed by atoms with Gasteiger partial charge in [-0.3, -0.25) is 9.59 Å². The lowest BCUT2D eigenvalue weighted by molar-refractivity contribution is -0.147. The number of hydrogen-bond acceptors (Lipinski definition) is 4. The van der Waals surface area contributed by atoms with Gasteiger partial charge in [0.25, 0.3) is 11.8 Å². The number of primary amides is 1. The van der Waals surface area contributed by atoms with Crippen molar-refractivity contribution in [3.63, 3.8) is 0 Å². The maximum absolute atomic E-state index is 13.1. The molecule has 1 aromatic rings. The minimum Gasteiger partial charge on any atom is -0.483 e. The summed E-state index contributed by atoms with van der Waals surface area (Å²) in [6.45, 7) is 4.96. The van der Waals surface area contributed by atoms with Gasteiger partial charge < -0.3 is 20.1 Å². The SMILES string of the molecule is CC1(C)CN(C(=O)COc2ccc(F)cc2C(N)=O)CCO1. The standard InChI is InChI=1S/C15H19FN2O4/c1-15(2)9-18(5-6-22-15)13(19)8-21-12-4-3-10(16)7-11(12)14(17)20/h3-4,7H,5-6,8-9H2,1-2H3,(H2,17,20). The Hall–Kier alpha value is -2.15. The van der Waals surface area contributed by atoms with Gasteiger partial charge in [-0.2, -0.15) is 0 Å². The summed E-state index contributed by atoms with van der Waals surface area (Å²) in [5.74, 6) is -1.54. The van der Waals surface area contributed by atoms with E-state index in [1.165, 1.54) is 6.07 Å². The smallest absolute Gasteiger partial charge is 0.260 e. The summed E-state index contributed by atoms with van der Waals surface area (Å²) in [5, 5.41) is 0. The summed E-state index contributed by atoms with van der Waals surface area (Å²) >= 11 is 0. The van der Waals surface area contributed by atoms with Gasteiger partial charge in [0.2, 0.25) is 0 Å². The molecule has 0 bridgehead atoms. The molecule has 0 spiro atoms. The highest BCUT2D eigenvalue weighted by molar-refractivity contribution is 5.95. The van der Waals surface area contributed by atoms with E-state index in [-0.39, 0.29) is 23.8 Å². The maximum atomic E-state index is 13.1. The first-order chi connectivity index (χ1) is 10.3. The number of amides is 2. The second-order valence-corrected chi connectivity index (χ2v) is 5.72. The van der Waals surface area contributed by atoms with Crippen molar-refractivity contribution in [1.29, 1.82) is 0 Å². The molecule has 6 nitrogen and oxygen atoms in total. The van der Waals surface area contributed by atoms with Crippen molar-refractivity contribution in [2.45, 2.75) is 19.4 Å². The predicted molar refractivity (Wildman–Crippen MR) is 77.0 cm³/mol. The van der Waals surface area contributed by atoms with Crippen LogP contribution in [-0.2, 0) is 9.53 Å². The van der Waals surface area contributed by atoms with Crippen molar-refractivity contribution in [2.75, 3.05) is 26.3 Å². The Morgan fingerprint density at radius 1 is 1.45 bits per heavy atom. The fourth-order valence-corrected chi connectivity index (χ4v) is 2.28. The van der Waals surface area contributed by atoms with Crippen LogP contribution in [0, 0.1) is 5.82 Å². The Kier molecular flexibility index (Phi) is 4.65. The molecule has 0 aliphatic carbocycles. The van der Waals surface area contributed by atoms with E-state index in [4.69, 9.17) is 15.2 Å². The molecule has 1 aliphatic heterocycles. The van der Waals surface area contributed by atoms with Gasteiger partial charge in [-0.1, -0.05) is 0 Å². The summed E-state index contributed by atoms with van der Waals surface area (Å²) in [6, 6.07) is 3.41. The zero-order chi connectivity index (χ0) is 16.3. The van der Waals surface area contributed by atoms with Crippen molar-refractivity contribution >= 4 is 11.8 Å². The summed E-state index contributed by atoms with van der Waals surface area (Å²) in [6.07, 6.45) is 0. The van der Waals surface area contributed by atoms with E-state index in [1.807, 2.05) is 13.8 Å². The average Bonchev–Trinajstić information content (AvgIpc) is 2.44. The fourth-order valence-electron chi connectivity index (χ4n) is 2.28. The normalized spacial score (nSPS) is 17.1. The zero-order valence-corrected chi connectivity index (χ0v) is 12.6. The lowest BCUT2D eigenvalue weighted by atomic mass is 10.1. The second-order valence-electron chi connectivity index (χ2n) is 5.72. The van der Waals surface area contributed by atoms with Gasteiger partial charge in [0, 0.05) is 13.1 Å². The van der Waals surface area contributed by atoms with Crippen LogP contribution in [0.4, 0.5) is 4.39 Å². The fraction of sp³-hybridized carbons (Fsp3) is 0.467. The summed E-state index contributed by atoms with van der Waals surface area (Å²) < 4.78 is 24.0. The highest BCUT2D eigenvalue weighted by Gasteiger charge is 2.30. The minimum absolute atomic E-state index is 0.0879. The van der Waals surface area contributed by atoms with Crippen molar-refractivity contribution in [1.82, 2.24) is 4.90 Å². The molecule has 0 radical (unpaired) electrons. The monoisotopic (exact) mass is 310 g/mol. The molecule has 1 aliphatic rings. The molecule has 2 N–H and O–H groups in total. The van der Waals surface area contributed by atoms with Crippen LogP contribution < -0.4 is 10.5 Å². The minimum atomic E-state index is -0.811. The lowest BCUT2D eigenvalue weighted by Gasteiger charge is -2.38. The highest BCUT2D eigenvalue weighted by Crippen LogP contribution is 2.20. The number of morpholine rings is 1. The van der Waals surface area contributed by atoms with E-state index in [1.54, 1.807) is 4.90 Å². The number of nitrogens with zero attached hydrogens (tertiary/aromatic N) is 1. The van der Waals surface area contributed by atoms with E-state index >= 15 is 0 Å². The van der Waals surface area contributed by atoms with Crippen LogP contribution in [0.25, 0.3) is 0 Å². The number of nitrogens with two attached hydrogens (primary N) is 1. The molecule has 0 atom stereocenters. The molecular formula is C15H19FN2O4. The zero-order valence-electron chi connectivity index (χ0n) is 12.6. The van der Waals surface area contributed by atoms with E-state index in [2.05, 4.69) is 0 Å². The molecule has 1 fully saturated rings. The third kappa shape index (κ3) is 3.94. The van der Waals surface area contributed by atoms with Crippen LogP contribution in [0.15, 0.2) is 18.2 Å². The van der Waals surface area contributed by atoms with Crippen LogP contribution >= 0.6 is 0 Å². The van der Waals surface area contributed by atoms with Crippen LogP contribution in [0.5, 0.6) is 5.75 Å². The molecule has 0 unspecified atom stereocenters. The van der Waals surface area contributed by atoms with Crippen LogP contribution in [0.3, 0.4) is 0 Å². The first-order valence-corrected chi connectivity index (χ1v) is 6.92. The van der Waals surface area contributed by atoms with Crippen molar-refractivity contribution < 1.29 is 23.5 Å². The Morgan fingerprint density at radius 3 is 2.82 bits per heavy atom. The van der Waals surface area contributed by atoms with E-state index in [0.717, 1.165) is 12.1 Å². The van der Waals surface area contributed by atoms with Crippen LogP contribution in [-0.4, -0.2) is 48.6 Å². The van der Waals surface area contributed by atoms with Gasteiger partial charge in [-0.15, -0.1) is 0 Å². The molecule has 22 heavy (non-hydrogen) atoms.